The minimum absolute atomic E-state index is 0.155. The molecule has 3 aromatic carbocycles. The monoisotopic (exact) mass is 448 g/mol. The number of amides is 2. The molecule has 2 amide bonds. The van der Waals surface area contributed by atoms with E-state index in [1.165, 1.54) is 23.9 Å². The summed E-state index contributed by atoms with van der Waals surface area (Å²) in [5.74, 6) is -0.0512. The number of carbonyl (C=O) groups excluding carboxylic acids is 2. The average molecular weight is 449 g/mol. The number of methoxy groups -OCH3 is 1. The van der Waals surface area contributed by atoms with E-state index in [4.69, 9.17) is 4.74 Å². The Kier molecular flexibility index (Phi) is 6.28. The molecule has 0 saturated heterocycles. The van der Waals surface area contributed by atoms with Crippen molar-refractivity contribution < 1.29 is 18.7 Å². The molecule has 0 aromatic heterocycles. The number of thioether (sulfide) groups is 1. The molecule has 4 rings (SSSR count). The number of likely N-dealkylation sites (N-methyl/N-ethyl adjacent to an activating group) is 1. The van der Waals surface area contributed by atoms with E-state index in [9.17, 15) is 14.0 Å². The Labute approximate surface area is 189 Å². The van der Waals surface area contributed by atoms with Crippen LogP contribution in [0.1, 0.15) is 21.5 Å². The Bertz CT molecular complexity index is 1210. The van der Waals surface area contributed by atoms with Crippen molar-refractivity contribution >= 4 is 35.3 Å². The molecule has 1 aliphatic rings. The van der Waals surface area contributed by atoms with E-state index in [0.29, 0.717) is 21.9 Å². The summed E-state index contributed by atoms with van der Waals surface area (Å²) in [6.45, 7) is 0.283. The highest BCUT2D eigenvalue weighted by Crippen LogP contribution is 2.42. The maximum atomic E-state index is 13.0. The fourth-order valence-electron chi connectivity index (χ4n) is 3.35. The molecule has 1 heterocycles. The minimum Gasteiger partial charge on any atom is -0.496 e. The summed E-state index contributed by atoms with van der Waals surface area (Å²) in [7, 11) is 3.29. The van der Waals surface area contributed by atoms with Gasteiger partial charge in [0.25, 0.3) is 11.8 Å². The number of hydrogen-bond donors (Lipinski definition) is 1. The van der Waals surface area contributed by atoms with Crippen LogP contribution in [0.4, 0.5) is 10.1 Å². The van der Waals surface area contributed by atoms with Gasteiger partial charge in [-0.25, -0.2) is 4.39 Å². The van der Waals surface area contributed by atoms with Crippen LogP contribution in [0.3, 0.4) is 0 Å². The fourth-order valence-corrected chi connectivity index (χ4v) is 4.43. The van der Waals surface area contributed by atoms with Gasteiger partial charge in [-0.3, -0.25) is 9.59 Å². The Morgan fingerprint density at radius 1 is 1.12 bits per heavy atom. The number of halogens is 1. The van der Waals surface area contributed by atoms with Crippen LogP contribution in [0.15, 0.2) is 76.5 Å². The first kappa shape index (κ1) is 21.6. The number of fused-ring (bicyclic) bond motifs is 1. The lowest BCUT2D eigenvalue weighted by atomic mass is 10.1. The van der Waals surface area contributed by atoms with Crippen LogP contribution >= 0.6 is 11.8 Å². The highest BCUT2D eigenvalue weighted by atomic mass is 32.2. The standard InChI is InChI=1S/C25H21FN2O3S/c1-28-20-13-18(24(29)27-15-16-7-10-19(26)11-8-16)9-12-22(20)32-23(25(28)30)14-17-5-3-4-6-21(17)31-2/h3-14H,15H2,1-2H3,(H,27,29). The van der Waals surface area contributed by atoms with Crippen molar-refractivity contribution in [1.29, 1.82) is 0 Å². The molecule has 32 heavy (non-hydrogen) atoms. The first-order valence-electron chi connectivity index (χ1n) is 9.93. The lowest BCUT2D eigenvalue weighted by Gasteiger charge is -2.27. The van der Waals surface area contributed by atoms with Crippen molar-refractivity contribution in [2.24, 2.45) is 0 Å². The number of benzene rings is 3. The van der Waals surface area contributed by atoms with Gasteiger partial charge in [0.15, 0.2) is 0 Å². The predicted molar refractivity (Wildman–Crippen MR) is 124 cm³/mol. The summed E-state index contributed by atoms with van der Waals surface area (Å²) in [6.07, 6.45) is 1.81. The number of carbonyl (C=O) groups is 2. The van der Waals surface area contributed by atoms with Gasteiger partial charge in [-0.2, -0.15) is 0 Å². The summed E-state index contributed by atoms with van der Waals surface area (Å²) in [5, 5.41) is 2.82. The molecule has 0 unspecified atom stereocenters. The number of para-hydroxylation sites is 1. The minimum atomic E-state index is -0.320. The highest BCUT2D eigenvalue weighted by Gasteiger charge is 2.27. The van der Waals surface area contributed by atoms with E-state index >= 15 is 0 Å². The highest BCUT2D eigenvalue weighted by molar-refractivity contribution is 8.04. The first-order valence-corrected chi connectivity index (χ1v) is 10.7. The van der Waals surface area contributed by atoms with Gasteiger partial charge in [-0.15, -0.1) is 0 Å². The van der Waals surface area contributed by atoms with Crippen molar-refractivity contribution in [1.82, 2.24) is 5.32 Å². The molecule has 7 heteroatoms. The molecule has 1 N–H and O–H groups in total. The van der Waals surface area contributed by atoms with Crippen LogP contribution in [0, 0.1) is 5.82 Å². The average Bonchev–Trinajstić information content (AvgIpc) is 2.82. The Morgan fingerprint density at radius 2 is 1.88 bits per heavy atom. The van der Waals surface area contributed by atoms with Crippen LogP contribution in [0.25, 0.3) is 6.08 Å². The number of ether oxygens (including phenoxy) is 1. The van der Waals surface area contributed by atoms with Crippen LogP contribution in [0.2, 0.25) is 0 Å². The summed E-state index contributed by atoms with van der Waals surface area (Å²) in [5.41, 5.74) is 2.74. The second kappa shape index (κ2) is 9.28. The number of anilines is 1. The fraction of sp³-hybridized carbons (Fsp3) is 0.120. The van der Waals surface area contributed by atoms with Gasteiger partial charge in [0.05, 0.1) is 17.7 Å². The molecule has 1 aliphatic heterocycles. The molecule has 5 nitrogen and oxygen atoms in total. The smallest absolute Gasteiger partial charge is 0.264 e. The molecule has 0 bridgehead atoms. The van der Waals surface area contributed by atoms with Crippen LogP contribution in [-0.4, -0.2) is 26.0 Å². The van der Waals surface area contributed by atoms with Gasteiger partial charge < -0.3 is 15.0 Å². The Morgan fingerprint density at radius 3 is 2.62 bits per heavy atom. The number of rotatable bonds is 5. The lowest BCUT2D eigenvalue weighted by Crippen LogP contribution is -2.31. The maximum absolute atomic E-state index is 13.0. The normalized spacial score (nSPS) is 14.3. The van der Waals surface area contributed by atoms with Crippen molar-refractivity contribution in [3.05, 3.63) is 94.1 Å². The van der Waals surface area contributed by atoms with Gasteiger partial charge in [0.1, 0.15) is 11.6 Å². The molecule has 0 aliphatic carbocycles. The molecule has 0 spiro atoms. The van der Waals surface area contributed by atoms with Gasteiger partial charge in [-0.1, -0.05) is 42.1 Å². The van der Waals surface area contributed by atoms with E-state index < -0.39 is 0 Å². The molecular formula is C25H21FN2O3S. The van der Waals surface area contributed by atoms with Crippen LogP contribution < -0.4 is 15.0 Å². The quantitative estimate of drug-likeness (QED) is 0.566. The Balaban J connectivity index is 1.54. The van der Waals surface area contributed by atoms with E-state index in [1.807, 2.05) is 36.4 Å². The Hall–Kier alpha value is -3.58. The first-order chi connectivity index (χ1) is 15.5. The van der Waals surface area contributed by atoms with E-state index in [0.717, 1.165) is 16.0 Å². The van der Waals surface area contributed by atoms with Crippen molar-refractivity contribution in [2.75, 3.05) is 19.1 Å². The molecular weight excluding hydrogens is 427 g/mol. The van der Waals surface area contributed by atoms with Gasteiger partial charge >= 0.3 is 0 Å². The lowest BCUT2D eigenvalue weighted by molar-refractivity contribution is -0.114. The molecule has 0 fully saturated rings. The molecule has 0 saturated carbocycles. The summed E-state index contributed by atoms with van der Waals surface area (Å²) >= 11 is 1.36. The molecule has 3 aromatic rings. The van der Waals surface area contributed by atoms with Gasteiger partial charge in [0, 0.05) is 29.6 Å². The SMILES string of the molecule is COc1ccccc1C=C1Sc2ccc(C(=O)NCc3ccc(F)cc3)cc2N(C)C1=O. The number of hydrogen-bond acceptors (Lipinski definition) is 4. The third kappa shape index (κ3) is 4.53. The number of nitrogens with zero attached hydrogens (tertiary/aromatic N) is 1. The largest absolute Gasteiger partial charge is 0.496 e. The van der Waals surface area contributed by atoms with E-state index in [2.05, 4.69) is 5.32 Å². The van der Waals surface area contributed by atoms with E-state index in [1.54, 1.807) is 43.3 Å². The number of nitrogens with one attached hydrogen (secondary N) is 1. The molecule has 0 radical (unpaired) electrons. The zero-order valence-electron chi connectivity index (χ0n) is 17.6. The second-order valence-electron chi connectivity index (χ2n) is 7.21. The van der Waals surface area contributed by atoms with Gasteiger partial charge in [0.2, 0.25) is 0 Å². The third-order valence-corrected chi connectivity index (χ3v) is 6.19. The second-order valence-corrected chi connectivity index (χ2v) is 8.29. The van der Waals surface area contributed by atoms with Crippen LogP contribution in [0.5, 0.6) is 5.75 Å². The van der Waals surface area contributed by atoms with E-state index in [-0.39, 0.29) is 24.2 Å². The topological polar surface area (TPSA) is 58.6 Å². The maximum Gasteiger partial charge on any atom is 0.264 e. The predicted octanol–water partition coefficient (Wildman–Crippen LogP) is 4.87. The van der Waals surface area contributed by atoms with Crippen molar-refractivity contribution in [2.45, 2.75) is 11.4 Å². The zero-order chi connectivity index (χ0) is 22.7. The summed E-state index contributed by atoms with van der Waals surface area (Å²) in [6, 6.07) is 18.7. The third-order valence-electron chi connectivity index (χ3n) is 5.11. The summed E-state index contributed by atoms with van der Waals surface area (Å²) in [4.78, 5) is 28.6. The zero-order valence-corrected chi connectivity index (χ0v) is 18.4. The van der Waals surface area contributed by atoms with Crippen molar-refractivity contribution in [3.8, 4) is 5.75 Å². The van der Waals surface area contributed by atoms with Crippen molar-refractivity contribution in [3.63, 3.8) is 0 Å². The van der Waals surface area contributed by atoms with Gasteiger partial charge in [-0.05, 0) is 48.0 Å². The van der Waals surface area contributed by atoms with Crippen LogP contribution in [-0.2, 0) is 11.3 Å². The molecule has 0 atom stereocenters. The summed E-state index contributed by atoms with van der Waals surface area (Å²) < 4.78 is 18.4. The molecule has 162 valence electrons.